The summed E-state index contributed by atoms with van der Waals surface area (Å²) in [7, 11) is 1.45. The predicted octanol–water partition coefficient (Wildman–Crippen LogP) is 0.0651. The topological polar surface area (TPSA) is 75.7 Å². The van der Waals surface area contributed by atoms with Crippen LogP contribution in [0.5, 0.6) is 0 Å². The van der Waals surface area contributed by atoms with E-state index in [1.54, 1.807) is 13.8 Å². The third-order valence-corrected chi connectivity index (χ3v) is 3.48. The van der Waals surface area contributed by atoms with Crippen LogP contribution < -0.4 is 5.32 Å². The molecule has 1 aliphatic heterocycles. The molecule has 0 spiro atoms. The number of hydrogen-bond donors (Lipinski definition) is 1. The van der Waals surface area contributed by atoms with E-state index in [0.717, 1.165) is 0 Å². The van der Waals surface area contributed by atoms with E-state index in [9.17, 15) is 14.4 Å². The fraction of sp³-hybridized carbons (Fsp3) is 0.750. The summed E-state index contributed by atoms with van der Waals surface area (Å²) in [6.07, 6.45) is 0.944. The first-order valence-electron chi connectivity index (χ1n) is 6.09. The Kier molecular flexibility index (Phi) is 4.45. The first kappa shape index (κ1) is 14.6. The maximum Gasteiger partial charge on any atom is 0.255 e. The van der Waals surface area contributed by atoms with Crippen molar-refractivity contribution in [1.82, 2.24) is 10.2 Å². The van der Waals surface area contributed by atoms with Gasteiger partial charge in [0.15, 0.2) is 0 Å². The van der Waals surface area contributed by atoms with Gasteiger partial charge in [0.05, 0.1) is 0 Å². The fourth-order valence-corrected chi connectivity index (χ4v) is 1.97. The van der Waals surface area contributed by atoms with Gasteiger partial charge in [-0.1, -0.05) is 13.8 Å². The molecule has 1 rings (SSSR count). The van der Waals surface area contributed by atoms with Gasteiger partial charge in [-0.05, 0) is 19.8 Å². The van der Waals surface area contributed by atoms with Crippen molar-refractivity contribution in [3.05, 3.63) is 0 Å². The molecule has 3 amide bonds. The van der Waals surface area contributed by atoms with E-state index in [4.69, 9.17) is 4.74 Å². The molecule has 2 unspecified atom stereocenters. The Hall–Kier alpha value is -1.43. The molecular weight excluding hydrogens is 236 g/mol. The average molecular weight is 256 g/mol. The van der Waals surface area contributed by atoms with Gasteiger partial charge in [0.1, 0.15) is 18.2 Å². The summed E-state index contributed by atoms with van der Waals surface area (Å²) < 4.78 is 5.23. The molecule has 0 aromatic rings. The minimum Gasteiger partial charge on any atom is -0.369 e. The van der Waals surface area contributed by atoms with Crippen molar-refractivity contribution >= 4 is 17.7 Å². The number of rotatable bonds is 4. The highest BCUT2D eigenvalue weighted by atomic mass is 16.5. The molecule has 0 radical (unpaired) electrons. The molecule has 0 aromatic heterocycles. The molecule has 0 aromatic carbocycles. The van der Waals surface area contributed by atoms with E-state index >= 15 is 0 Å². The SMILES string of the molecule is CCC1C(=O)NC(=O)CN1C(=O)C(C)(CC)OC. The zero-order valence-electron chi connectivity index (χ0n) is 11.3. The van der Waals surface area contributed by atoms with Gasteiger partial charge in [-0.25, -0.2) is 0 Å². The zero-order chi connectivity index (χ0) is 13.9. The number of methoxy groups -OCH3 is 1. The van der Waals surface area contributed by atoms with Crippen molar-refractivity contribution < 1.29 is 19.1 Å². The molecule has 6 nitrogen and oxygen atoms in total. The molecule has 0 aliphatic carbocycles. The third kappa shape index (κ3) is 2.53. The van der Waals surface area contributed by atoms with Gasteiger partial charge in [-0.3, -0.25) is 19.7 Å². The molecule has 1 aliphatic rings. The second-order valence-corrected chi connectivity index (χ2v) is 4.56. The lowest BCUT2D eigenvalue weighted by atomic mass is 9.98. The number of amides is 3. The Labute approximate surface area is 107 Å². The number of hydrogen-bond acceptors (Lipinski definition) is 4. The zero-order valence-corrected chi connectivity index (χ0v) is 11.3. The molecule has 1 heterocycles. The van der Waals surface area contributed by atoms with Crippen LogP contribution in [-0.2, 0) is 19.1 Å². The van der Waals surface area contributed by atoms with E-state index in [-0.39, 0.29) is 12.5 Å². The van der Waals surface area contributed by atoms with Crippen molar-refractivity contribution in [2.45, 2.75) is 45.3 Å². The van der Waals surface area contributed by atoms with Crippen molar-refractivity contribution in [1.29, 1.82) is 0 Å². The molecule has 102 valence electrons. The maximum atomic E-state index is 12.4. The summed E-state index contributed by atoms with van der Waals surface area (Å²) in [4.78, 5) is 36.8. The summed E-state index contributed by atoms with van der Waals surface area (Å²) in [5.74, 6) is -1.19. The highest BCUT2D eigenvalue weighted by molar-refractivity contribution is 6.05. The summed E-state index contributed by atoms with van der Waals surface area (Å²) >= 11 is 0. The molecule has 2 atom stereocenters. The smallest absolute Gasteiger partial charge is 0.255 e. The lowest BCUT2D eigenvalue weighted by Crippen LogP contribution is -2.63. The summed E-state index contributed by atoms with van der Waals surface area (Å²) in [6.45, 7) is 5.20. The van der Waals surface area contributed by atoms with Gasteiger partial charge in [0.25, 0.3) is 5.91 Å². The van der Waals surface area contributed by atoms with Gasteiger partial charge in [-0.2, -0.15) is 0 Å². The number of carbonyl (C=O) groups is 3. The van der Waals surface area contributed by atoms with Crippen LogP contribution in [0.2, 0.25) is 0 Å². The lowest BCUT2D eigenvalue weighted by Gasteiger charge is -2.38. The maximum absolute atomic E-state index is 12.4. The van der Waals surface area contributed by atoms with Crippen LogP contribution >= 0.6 is 0 Å². The van der Waals surface area contributed by atoms with Gasteiger partial charge < -0.3 is 9.64 Å². The highest BCUT2D eigenvalue weighted by Gasteiger charge is 2.42. The van der Waals surface area contributed by atoms with Crippen LogP contribution in [0.1, 0.15) is 33.6 Å². The Morgan fingerprint density at radius 1 is 1.50 bits per heavy atom. The largest absolute Gasteiger partial charge is 0.369 e. The van der Waals surface area contributed by atoms with Crippen LogP contribution in [-0.4, -0.2) is 47.9 Å². The van der Waals surface area contributed by atoms with Gasteiger partial charge in [0, 0.05) is 7.11 Å². The lowest BCUT2D eigenvalue weighted by molar-refractivity contribution is -0.163. The van der Waals surface area contributed by atoms with E-state index in [1.165, 1.54) is 12.0 Å². The van der Waals surface area contributed by atoms with Crippen molar-refractivity contribution in [3.63, 3.8) is 0 Å². The Morgan fingerprint density at radius 3 is 2.56 bits per heavy atom. The summed E-state index contributed by atoms with van der Waals surface area (Å²) in [5, 5.41) is 2.24. The number of imide groups is 1. The van der Waals surface area contributed by atoms with Crippen LogP contribution in [0.3, 0.4) is 0 Å². The van der Waals surface area contributed by atoms with Crippen molar-refractivity contribution in [3.8, 4) is 0 Å². The van der Waals surface area contributed by atoms with E-state index in [2.05, 4.69) is 5.32 Å². The summed E-state index contributed by atoms with van der Waals surface area (Å²) in [6, 6.07) is -0.601. The van der Waals surface area contributed by atoms with Gasteiger partial charge in [-0.15, -0.1) is 0 Å². The molecule has 0 saturated carbocycles. The number of nitrogens with zero attached hydrogens (tertiary/aromatic N) is 1. The quantitative estimate of drug-likeness (QED) is 0.722. The molecule has 6 heteroatoms. The molecule has 1 saturated heterocycles. The minimum absolute atomic E-state index is 0.0952. The van der Waals surface area contributed by atoms with Crippen LogP contribution in [0.15, 0.2) is 0 Å². The third-order valence-electron chi connectivity index (χ3n) is 3.48. The van der Waals surface area contributed by atoms with Gasteiger partial charge in [0.2, 0.25) is 11.8 Å². The normalized spacial score (nSPS) is 23.6. The second-order valence-electron chi connectivity index (χ2n) is 4.56. The number of carbonyl (C=O) groups excluding carboxylic acids is 3. The second kappa shape index (κ2) is 5.48. The highest BCUT2D eigenvalue weighted by Crippen LogP contribution is 2.21. The van der Waals surface area contributed by atoms with Gasteiger partial charge >= 0.3 is 0 Å². The molecule has 18 heavy (non-hydrogen) atoms. The van der Waals surface area contributed by atoms with Crippen molar-refractivity contribution in [2.75, 3.05) is 13.7 Å². The van der Waals surface area contributed by atoms with Crippen molar-refractivity contribution in [2.24, 2.45) is 0 Å². The Bertz CT molecular complexity index is 363. The Balaban J connectivity index is 3.00. The standard InChI is InChI=1S/C12H20N2O4/c1-5-8-10(16)13-9(15)7-14(8)11(17)12(3,6-2)18-4/h8H,5-7H2,1-4H3,(H,13,15,16). The average Bonchev–Trinajstić information content (AvgIpc) is 2.36. The molecular formula is C12H20N2O4. The number of piperazine rings is 1. The minimum atomic E-state index is -0.995. The Morgan fingerprint density at radius 2 is 2.11 bits per heavy atom. The monoisotopic (exact) mass is 256 g/mol. The fourth-order valence-electron chi connectivity index (χ4n) is 1.97. The summed E-state index contributed by atoms with van der Waals surface area (Å²) in [5.41, 5.74) is -0.995. The molecule has 0 bridgehead atoms. The van der Waals surface area contributed by atoms with E-state index in [1.807, 2.05) is 6.92 Å². The first-order valence-corrected chi connectivity index (χ1v) is 6.09. The molecule has 1 N–H and O–H groups in total. The number of ether oxygens (including phenoxy) is 1. The van der Waals surface area contributed by atoms with E-state index in [0.29, 0.717) is 12.8 Å². The first-order chi connectivity index (χ1) is 8.39. The van der Waals surface area contributed by atoms with Crippen LogP contribution in [0, 0.1) is 0 Å². The number of nitrogens with one attached hydrogen (secondary N) is 1. The van der Waals surface area contributed by atoms with Crippen LogP contribution in [0.4, 0.5) is 0 Å². The molecule has 1 fully saturated rings. The van der Waals surface area contributed by atoms with Crippen LogP contribution in [0.25, 0.3) is 0 Å². The predicted molar refractivity (Wildman–Crippen MR) is 64.6 cm³/mol. The van der Waals surface area contributed by atoms with E-state index < -0.39 is 23.5 Å².